The smallest absolute Gasteiger partial charge is 0.319 e. The highest BCUT2D eigenvalue weighted by molar-refractivity contribution is 6.36. The highest BCUT2D eigenvalue weighted by atomic mass is 35.5. The van der Waals surface area contributed by atoms with E-state index >= 15 is 0 Å². The maximum absolute atomic E-state index is 14.5. The van der Waals surface area contributed by atoms with Crippen LogP contribution in [0.5, 0.6) is 6.01 Å². The van der Waals surface area contributed by atoms with Crippen molar-refractivity contribution in [1.29, 1.82) is 0 Å². The van der Waals surface area contributed by atoms with Crippen LogP contribution in [0.25, 0.3) is 32.8 Å². The van der Waals surface area contributed by atoms with Crippen LogP contribution >= 0.6 is 11.6 Å². The van der Waals surface area contributed by atoms with Crippen LogP contribution in [-0.4, -0.2) is 77.1 Å². The summed E-state index contributed by atoms with van der Waals surface area (Å²) in [6.45, 7) is 6.65. The molecule has 4 heterocycles. The Balaban J connectivity index is 1.30. The van der Waals surface area contributed by atoms with Crippen LogP contribution in [0.2, 0.25) is 5.02 Å². The van der Waals surface area contributed by atoms with Gasteiger partial charge in [0.05, 0.1) is 22.6 Å². The number of likely N-dealkylation sites (N-methyl/N-ethyl adjacent to an activating group) is 1. The van der Waals surface area contributed by atoms with Gasteiger partial charge in [-0.3, -0.25) is 4.79 Å². The molecule has 3 atom stereocenters. The number of halogens is 2. The lowest BCUT2D eigenvalue weighted by Crippen LogP contribution is -2.63. The fraction of sp³-hybridized carbons (Fsp3) is 0.344. The largest absolute Gasteiger partial charge is 0.462 e. The molecule has 1 amide bonds. The second kappa shape index (κ2) is 10.3. The Morgan fingerprint density at radius 1 is 1.15 bits per heavy atom. The van der Waals surface area contributed by atoms with Gasteiger partial charge >= 0.3 is 6.01 Å². The fourth-order valence-corrected chi connectivity index (χ4v) is 6.98. The van der Waals surface area contributed by atoms with Crippen LogP contribution in [0.3, 0.4) is 0 Å². The molecular formula is C32H31ClFN5O2. The molecule has 3 aliphatic heterocycles. The minimum Gasteiger partial charge on any atom is -0.462 e. The standard InChI is InChI=1S/C32H31ClFN5O2/c1-3-28(40)38-15-13-26-27(38)17-39(26)31-23-11-9-20(22-8-4-6-19-10-12-24(34)30(33)29(19)22)16-25(23)35-32(36-31)41-18-21-7-5-14-37(21)2/h3-4,6,8-12,16,21,26-27H,1,5,7,13-15,17-18H2,2H3/t21-,26+,27+/m0/s1. The van der Waals surface area contributed by atoms with Crippen LogP contribution in [0.15, 0.2) is 61.2 Å². The second-order valence-electron chi connectivity index (χ2n) is 11.2. The Kier molecular flexibility index (Phi) is 6.55. The van der Waals surface area contributed by atoms with Gasteiger partial charge in [-0.2, -0.15) is 9.97 Å². The zero-order chi connectivity index (χ0) is 28.2. The van der Waals surface area contributed by atoms with Crippen molar-refractivity contribution in [3.8, 4) is 17.1 Å². The predicted octanol–water partition coefficient (Wildman–Crippen LogP) is 5.69. The highest BCUT2D eigenvalue weighted by Gasteiger charge is 2.49. The van der Waals surface area contributed by atoms with E-state index < -0.39 is 5.82 Å². The van der Waals surface area contributed by atoms with Gasteiger partial charge in [0.2, 0.25) is 5.91 Å². The summed E-state index contributed by atoms with van der Waals surface area (Å²) >= 11 is 6.46. The topological polar surface area (TPSA) is 61.8 Å². The minimum atomic E-state index is -0.447. The number of anilines is 1. The number of aromatic nitrogens is 2. The molecule has 0 unspecified atom stereocenters. The number of hydrogen-bond acceptors (Lipinski definition) is 6. The summed E-state index contributed by atoms with van der Waals surface area (Å²) in [5.41, 5.74) is 2.46. The van der Waals surface area contributed by atoms with Crippen molar-refractivity contribution in [2.75, 3.05) is 38.2 Å². The average molecular weight is 572 g/mol. The molecule has 0 N–H and O–H groups in total. The molecule has 3 aromatic carbocycles. The number of amides is 1. The summed E-state index contributed by atoms with van der Waals surface area (Å²) in [5.74, 6) is 0.342. The molecule has 1 aromatic heterocycles. The number of benzene rings is 3. The molecular weight excluding hydrogens is 541 g/mol. The fourth-order valence-electron chi connectivity index (χ4n) is 6.71. The Morgan fingerprint density at radius 3 is 2.83 bits per heavy atom. The average Bonchev–Trinajstić information content (AvgIpc) is 3.54. The van der Waals surface area contributed by atoms with Crippen molar-refractivity contribution >= 4 is 45.0 Å². The second-order valence-corrected chi connectivity index (χ2v) is 11.6. The van der Waals surface area contributed by atoms with Crippen LogP contribution < -0.4 is 9.64 Å². The lowest BCUT2D eigenvalue weighted by Gasteiger charge is -2.47. The van der Waals surface area contributed by atoms with Crippen LogP contribution in [0.4, 0.5) is 10.2 Å². The third kappa shape index (κ3) is 4.41. The van der Waals surface area contributed by atoms with Gasteiger partial charge in [0, 0.05) is 29.9 Å². The van der Waals surface area contributed by atoms with E-state index in [1.165, 1.54) is 12.1 Å². The zero-order valence-corrected chi connectivity index (χ0v) is 23.6. The van der Waals surface area contributed by atoms with E-state index in [1.54, 1.807) is 6.07 Å². The molecule has 0 saturated carbocycles. The van der Waals surface area contributed by atoms with E-state index in [-0.39, 0.29) is 23.0 Å². The number of carbonyl (C=O) groups is 1. The Labute approximate surface area is 243 Å². The summed E-state index contributed by atoms with van der Waals surface area (Å²) in [7, 11) is 2.12. The highest BCUT2D eigenvalue weighted by Crippen LogP contribution is 2.41. The number of rotatable bonds is 6. The third-order valence-electron chi connectivity index (χ3n) is 9.00. The van der Waals surface area contributed by atoms with E-state index in [0.29, 0.717) is 37.1 Å². The molecule has 9 heteroatoms. The minimum absolute atomic E-state index is 0.0239. The monoisotopic (exact) mass is 571 g/mol. The van der Waals surface area contributed by atoms with Gasteiger partial charge in [0.15, 0.2) is 0 Å². The number of hydrogen-bond donors (Lipinski definition) is 0. The van der Waals surface area contributed by atoms with E-state index in [2.05, 4.69) is 23.4 Å². The number of ether oxygens (including phenoxy) is 1. The van der Waals surface area contributed by atoms with E-state index in [4.69, 9.17) is 26.3 Å². The first kappa shape index (κ1) is 26.2. The van der Waals surface area contributed by atoms with Crippen molar-refractivity contribution in [3.63, 3.8) is 0 Å². The van der Waals surface area contributed by atoms with Gasteiger partial charge in [0.1, 0.15) is 18.2 Å². The van der Waals surface area contributed by atoms with Gasteiger partial charge in [-0.25, -0.2) is 4.39 Å². The molecule has 3 saturated heterocycles. The zero-order valence-electron chi connectivity index (χ0n) is 22.9. The molecule has 7 nitrogen and oxygen atoms in total. The van der Waals surface area contributed by atoms with E-state index in [9.17, 15) is 9.18 Å². The van der Waals surface area contributed by atoms with E-state index in [0.717, 1.165) is 59.0 Å². The first-order valence-electron chi connectivity index (χ1n) is 14.1. The van der Waals surface area contributed by atoms with E-state index in [1.807, 2.05) is 41.3 Å². The molecule has 4 aromatic rings. The number of likely N-dealkylation sites (tertiary alicyclic amines) is 2. The molecule has 0 spiro atoms. The first-order chi connectivity index (χ1) is 19.9. The third-order valence-corrected chi connectivity index (χ3v) is 9.37. The molecule has 0 bridgehead atoms. The summed E-state index contributed by atoms with van der Waals surface area (Å²) in [6.07, 6.45) is 4.51. The quantitative estimate of drug-likeness (QED) is 0.277. The molecule has 0 aliphatic carbocycles. The van der Waals surface area contributed by atoms with Crippen molar-refractivity contribution < 1.29 is 13.9 Å². The van der Waals surface area contributed by atoms with Crippen LogP contribution in [0, 0.1) is 5.82 Å². The molecule has 3 aliphatic rings. The lowest BCUT2D eigenvalue weighted by molar-refractivity contribution is -0.127. The Bertz CT molecular complexity index is 1700. The van der Waals surface area contributed by atoms with Crippen molar-refractivity contribution in [2.24, 2.45) is 0 Å². The maximum atomic E-state index is 14.5. The van der Waals surface area contributed by atoms with Crippen molar-refractivity contribution in [1.82, 2.24) is 19.8 Å². The molecule has 7 rings (SSSR count). The lowest BCUT2D eigenvalue weighted by atomic mass is 9.95. The number of fused-ring (bicyclic) bond motifs is 3. The van der Waals surface area contributed by atoms with Gasteiger partial charge < -0.3 is 19.4 Å². The normalized spacial score (nSPS) is 22.3. The molecule has 0 radical (unpaired) electrons. The maximum Gasteiger partial charge on any atom is 0.319 e. The summed E-state index contributed by atoms with van der Waals surface area (Å²) in [5, 5.41) is 2.56. The number of nitrogens with zero attached hydrogens (tertiary/aromatic N) is 5. The SMILES string of the molecule is C=CC(=O)N1CC[C@@H]2[C@H]1CN2c1nc(OC[C@@H]2CCCN2C)nc2cc(-c3cccc4ccc(F)c(Cl)c34)ccc12. The van der Waals surface area contributed by atoms with Gasteiger partial charge in [0.25, 0.3) is 0 Å². The van der Waals surface area contributed by atoms with Crippen molar-refractivity contribution in [3.05, 3.63) is 72.0 Å². The predicted molar refractivity (Wildman–Crippen MR) is 160 cm³/mol. The molecule has 3 fully saturated rings. The van der Waals surface area contributed by atoms with Crippen molar-refractivity contribution in [2.45, 2.75) is 37.4 Å². The first-order valence-corrected chi connectivity index (χ1v) is 14.5. The Hall–Kier alpha value is -3.75. The van der Waals surface area contributed by atoms with Crippen LogP contribution in [-0.2, 0) is 4.79 Å². The van der Waals surface area contributed by atoms with Gasteiger partial charge in [-0.05, 0) is 73.6 Å². The van der Waals surface area contributed by atoms with Gasteiger partial charge in [-0.1, -0.05) is 48.5 Å². The molecule has 41 heavy (non-hydrogen) atoms. The molecule has 210 valence electrons. The summed E-state index contributed by atoms with van der Waals surface area (Å²) in [4.78, 5) is 28.6. The van der Waals surface area contributed by atoms with Crippen LogP contribution in [0.1, 0.15) is 19.3 Å². The summed E-state index contributed by atoms with van der Waals surface area (Å²) in [6, 6.07) is 16.0. The van der Waals surface area contributed by atoms with Gasteiger partial charge in [-0.15, -0.1) is 0 Å². The summed E-state index contributed by atoms with van der Waals surface area (Å²) < 4.78 is 20.7. The Morgan fingerprint density at radius 2 is 2.02 bits per heavy atom. The number of carbonyl (C=O) groups excluding carboxylic acids is 1.